The van der Waals surface area contributed by atoms with Crippen LogP contribution < -0.4 is 4.74 Å². The Kier molecular flexibility index (Phi) is 3.57. The summed E-state index contributed by atoms with van der Waals surface area (Å²) in [4.78, 5) is 4.23. The molecule has 0 bridgehead atoms. The maximum atomic E-state index is 5.24. The number of hydrogen-bond acceptors (Lipinski definition) is 2. The van der Waals surface area contributed by atoms with E-state index in [-0.39, 0.29) is 0 Å². The van der Waals surface area contributed by atoms with Gasteiger partial charge in [-0.05, 0) is 46.2 Å². The third-order valence-corrected chi connectivity index (χ3v) is 3.65. The summed E-state index contributed by atoms with van der Waals surface area (Å²) in [6.45, 7) is 4.64. The fourth-order valence-corrected chi connectivity index (χ4v) is 2.82. The molecule has 3 heteroatoms. The van der Waals surface area contributed by atoms with Gasteiger partial charge in [0.1, 0.15) is 0 Å². The zero-order valence-electron chi connectivity index (χ0n) is 10.5. The highest BCUT2D eigenvalue weighted by Crippen LogP contribution is 2.45. The number of methoxy groups -OCH3 is 1. The number of nitrogens with zero attached hydrogens (tertiary/aromatic N) is 1. The first-order valence-electron chi connectivity index (χ1n) is 5.88. The number of pyridine rings is 1. The summed E-state index contributed by atoms with van der Waals surface area (Å²) in [7, 11) is 1.65. The standard InChI is InChI=1S/C14H18BrNO/c1-14(2)7-10(8-14)4-5-11-6-12(15)9-16-13(11)17-3/h4-6,9-10H,7-8H2,1-3H3/b5-4+. The first kappa shape index (κ1) is 12.6. The van der Waals surface area contributed by atoms with Gasteiger partial charge in [0, 0.05) is 16.2 Å². The number of hydrogen-bond donors (Lipinski definition) is 0. The van der Waals surface area contributed by atoms with Crippen LogP contribution >= 0.6 is 15.9 Å². The van der Waals surface area contributed by atoms with Gasteiger partial charge in [-0.25, -0.2) is 4.98 Å². The SMILES string of the molecule is COc1ncc(Br)cc1/C=C/C1CC(C)(C)C1. The van der Waals surface area contributed by atoms with Crippen molar-refractivity contribution in [1.29, 1.82) is 0 Å². The van der Waals surface area contributed by atoms with Gasteiger partial charge in [0.2, 0.25) is 5.88 Å². The average Bonchev–Trinajstić information content (AvgIpc) is 2.23. The minimum atomic E-state index is 0.522. The van der Waals surface area contributed by atoms with Crippen molar-refractivity contribution in [1.82, 2.24) is 4.98 Å². The van der Waals surface area contributed by atoms with Gasteiger partial charge in [-0.2, -0.15) is 0 Å². The molecule has 1 saturated carbocycles. The molecule has 1 fully saturated rings. The van der Waals surface area contributed by atoms with Crippen LogP contribution in [0.1, 0.15) is 32.3 Å². The molecule has 1 aromatic rings. The zero-order chi connectivity index (χ0) is 12.5. The molecule has 0 saturated heterocycles. The Morgan fingerprint density at radius 1 is 1.47 bits per heavy atom. The molecule has 92 valence electrons. The fourth-order valence-electron chi connectivity index (χ4n) is 2.47. The number of rotatable bonds is 3. The first-order valence-corrected chi connectivity index (χ1v) is 6.67. The van der Waals surface area contributed by atoms with Gasteiger partial charge >= 0.3 is 0 Å². The molecule has 2 nitrogen and oxygen atoms in total. The summed E-state index contributed by atoms with van der Waals surface area (Å²) < 4.78 is 6.22. The van der Waals surface area contributed by atoms with Crippen molar-refractivity contribution in [3.05, 3.63) is 28.4 Å². The number of ether oxygens (including phenoxy) is 1. The molecule has 1 aliphatic rings. The van der Waals surface area contributed by atoms with Gasteiger partial charge in [0.05, 0.1) is 7.11 Å². The van der Waals surface area contributed by atoms with Crippen molar-refractivity contribution in [2.75, 3.05) is 7.11 Å². The fraction of sp³-hybridized carbons (Fsp3) is 0.500. The maximum absolute atomic E-state index is 5.24. The van der Waals surface area contributed by atoms with Crippen LogP contribution in [0, 0.1) is 11.3 Å². The third-order valence-electron chi connectivity index (χ3n) is 3.22. The topological polar surface area (TPSA) is 22.1 Å². The Hall–Kier alpha value is -0.830. The van der Waals surface area contributed by atoms with Crippen LogP contribution in [0.2, 0.25) is 0 Å². The van der Waals surface area contributed by atoms with E-state index in [4.69, 9.17) is 4.74 Å². The van der Waals surface area contributed by atoms with E-state index in [0.717, 1.165) is 10.0 Å². The molecule has 0 unspecified atom stereocenters. The molecule has 1 heterocycles. The predicted octanol–water partition coefficient (Wildman–Crippen LogP) is 4.30. The van der Waals surface area contributed by atoms with Crippen molar-refractivity contribution in [2.24, 2.45) is 11.3 Å². The highest BCUT2D eigenvalue weighted by atomic mass is 79.9. The number of halogens is 1. The largest absolute Gasteiger partial charge is 0.481 e. The molecule has 0 spiro atoms. The smallest absolute Gasteiger partial charge is 0.220 e. The lowest BCUT2D eigenvalue weighted by Gasteiger charge is -2.41. The summed E-state index contributed by atoms with van der Waals surface area (Å²) in [5.74, 6) is 1.39. The van der Waals surface area contributed by atoms with Crippen LogP contribution in [-0.2, 0) is 0 Å². The van der Waals surface area contributed by atoms with E-state index in [0.29, 0.717) is 17.2 Å². The van der Waals surface area contributed by atoms with E-state index in [1.54, 1.807) is 13.3 Å². The van der Waals surface area contributed by atoms with Gasteiger partial charge < -0.3 is 4.74 Å². The highest BCUT2D eigenvalue weighted by molar-refractivity contribution is 9.10. The van der Waals surface area contributed by atoms with Crippen LogP contribution in [0.15, 0.2) is 22.8 Å². The molecule has 17 heavy (non-hydrogen) atoms. The molecule has 0 aliphatic heterocycles. The van der Waals surface area contributed by atoms with Crippen LogP contribution in [0.3, 0.4) is 0 Å². The van der Waals surface area contributed by atoms with E-state index in [1.807, 2.05) is 6.07 Å². The second-order valence-electron chi connectivity index (χ2n) is 5.44. The monoisotopic (exact) mass is 295 g/mol. The Bertz CT molecular complexity index is 432. The summed E-state index contributed by atoms with van der Waals surface area (Å²) in [5.41, 5.74) is 1.56. The van der Waals surface area contributed by atoms with E-state index in [9.17, 15) is 0 Å². The molecular formula is C14H18BrNO. The lowest BCUT2D eigenvalue weighted by molar-refractivity contribution is 0.132. The van der Waals surface area contributed by atoms with Crippen LogP contribution in [0.5, 0.6) is 5.88 Å². The third kappa shape index (κ3) is 3.09. The van der Waals surface area contributed by atoms with E-state index >= 15 is 0 Å². The number of aromatic nitrogens is 1. The normalized spacial score (nSPS) is 19.3. The molecule has 0 atom stereocenters. The molecule has 0 amide bonds. The second-order valence-corrected chi connectivity index (χ2v) is 6.36. The minimum Gasteiger partial charge on any atom is -0.481 e. The van der Waals surface area contributed by atoms with Crippen LogP contribution in [0.4, 0.5) is 0 Å². The lowest BCUT2D eigenvalue weighted by atomic mass is 9.64. The Balaban J connectivity index is 2.08. The van der Waals surface area contributed by atoms with E-state index in [2.05, 4.69) is 46.9 Å². The van der Waals surface area contributed by atoms with Crippen LogP contribution in [0.25, 0.3) is 6.08 Å². The predicted molar refractivity (Wildman–Crippen MR) is 74.0 cm³/mol. The second kappa shape index (κ2) is 4.81. The molecular weight excluding hydrogens is 278 g/mol. The molecule has 0 aromatic carbocycles. The highest BCUT2D eigenvalue weighted by Gasteiger charge is 2.34. The van der Waals surface area contributed by atoms with Crippen LogP contribution in [-0.4, -0.2) is 12.1 Å². The van der Waals surface area contributed by atoms with Crippen molar-refractivity contribution in [3.63, 3.8) is 0 Å². The maximum Gasteiger partial charge on any atom is 0.220 e. The van der Waals surface area contributed by atoms with Gasteiger partial charge in [-0.1, -0.05) is 26.0 Å². The lowest BCUT2D eigenvalue weighted by Crippen LogP contribution is -2.29. The Morgan fingerprint density at radius 3 is 2.76 bits per heavy atom. The summed E-state index contributed by atoms with van der Waals surface area (Å²) in [5, 5.41) is 0. The van der Waals surface area contributed by atoms with Crippen molar-refractivity contribution >= 4 is 22.0 Å². The molecule has 1 aliphatic carbocycles. The average molecular weight is 296 g/mol. The van der Waals surface area contributed by atoms with E-state index < -0.39 is 0 Å². The summed E-state index contributed by atoms with van der Waals surface area (Å²) in [6, 6.07) is 2.03. The Labute approximate surface area is 111 Å². The molecule has 2 rings (SSSR count). The van der Waals surface area contributed by atoms with Gasteiger partial charge in [0.25, 0.3) is 0 Å². The van der Waals surface area contributed by atoms with Crippen molar-refractivity contribution in [2.45, 2.75) is 26.7 Å². The van der Waals surface area contributed by atoms with Crippen molar-refractivity contribution < 1.29 is 4.74 Å². The van der Waals surface area contributed by atoms with Gasteiger partial charge in [0.15, 0.2) is 0 Å². The Morgan fingerprint density at radius 2 is 2.18 bits per heavy atom. The van der Waals surface area contributed by atoms with Gasteiger partial charge in [-0.3, -0.25) is 0 Å². The van der Waals surface area contributed by atoms with Gasteiger partial charge in [-0.15, -0.1) is 0 Å². The zero-order valence-corrected chi connectivity index (χ0v) is 12.1. The first-order chi connectivity index (χ1) is 8.00. The molecule has 1 aromatic heterocycles. The quantitative estimate of drug-likeness (QED) is 0.829. The molecule has 0 N–H and O–H groups in total. The van der Waals surface area contributed by atoms with Crippen molar-refractivity contribution in [3.8, 4) is 5.88 Å². The summed E-state index contributed by atoms with van der Waals surface area (Å²) in [6.07, 6.45) is 8.69. The minimum absolute atomic E-state index is 0.522. The summed E-state index contributed by atoms with van der Waals surface area (Å²) >= 11 is 3.43. The number of allylic oxidation sites excluding steroid dienone is 1. The van der Waals surface area contributed by atoms with E-state index in [1.165, 1.54) is 12.8 Å². The molecule has 0 radical (unpaired) electrons.